The standard InChI is InChI=1S/C13H13BrN2O2/c1-8-10(14)4-6-13(16-8)18-12-7-9(17-2)3-5-11(12)15/h3-7H,15H2,1-2H3. The van der Waals surface area contributed by atoms with Crippen molar-refractivity contribution in [3.63, 3.8) is 0 Å². The van der Waals surface area contributed by atoms with Gasteiger partial charge in [0.1, 0.15) is 5.75 Å². The molecule has 1 heterocycles. The summed E-state index contributed by atoms with van der Waals surface area (Å²) in [6.07, 6.45) is 0. The second-order valence-corrected chi connectivity index (χ2v) is 4.58. The Balaban J connectivity index is 2.30. The first-order chi connectivity index (χ1) is 8.60. The Labute approximate surface area is 114 Å². The topological polar surface area (TPSA) is 57.4 Å². The number of hydrogen-bond acceptors (Lipinski definition) is 4. The van der Waals surface area contributed by atoms with Crippen LogP contribution in [0.2, 0.25) is 0 Å². The van der Waals surface area contributed by atoms with Crippen molar-refractivity contribution >= 4 is 21.6 Å². The Morgan fingerprint density at radius 3 is 2.67 bits per heavy atom. The average molecular weight is 309 g/mol. The molecule has 0 radical (unpaired) electrons. The molecule has 0 aliphatic rings. The fourth-order valence-electron chi connectivity index (χ4n) is 1.42. The van der Waals surface area contributed by atoms with Crippen molar-refractivity contribution in [2.24, 2.45) is 0 Å². The molecule has 0 saturated heterocycles. The lowest BCUT2D eigenvalue weighted by Gasteiger charge is -2.10. The molecular weight excluding hydrogens is 296 g/mol. The Morgan fingerprint density at radius 2 is 2.00 bits per heavy atom. The van der Waals surface area contributed by atoms with Crippen LogP contribution in [0.4, 0.5) is 5.69 Å². The summed E-state index contributed by atoms with van der Waals surface area (Å²) in [7, 11) is 1.59. The van der Waals surface area contributed by atoms with E-state index in [1.165, 1.54) is 0 Å². The Kier molecular flexibility index (Phi) is 3.72. The van der Waals surface area contributed by atoms with Gasteiger partial charge in [-0.1, -0.05) is 0 Å². The predicted octanol–water partition coefficient (Wildman–Crippen LogP) is 3.54. The Hall–Kier alpha value is -1.75. The summed E-state index contributed by atoms with van der Waals surface area (Å²) in [6.45, 7) is 1.89. The zero-order chi connectivity index (χ0) is 13.1. The summed E-state index contributed by atoms with van der Waals surface area (Å²) in [5.74, 6) is 1.72. The molecule has 4 nitrogen and oxygen atoms in total. The van der Waals surface area contributed by atoms with Gasteiger partial charge >= 0.3 is 0 Å². The average Bonchev–Trinajstić information content (AvgIpc) is 2.36. The van der Waals surface area contributed by atoms with Crippen molar-refractivity contribution in [1.82, 2.24) is 4.98 Å². The van der Waals surface area contributed by atoms with Gasteiger partial charge < -0.3 is 15.2 Å². The first-order valence-electron chi connectivity index (χ1n) is 5.34. The molecule has 18 heavy (non-hydrogen) atoms. The number of hydrogen-bond donors (Lipinski definition) is 1. The van der Waals surface area contributed by atoms with Crippen molar-refractivity contribution < 1.29 is 9.47 Å². The van der Waals surface area contributed by atoms with Gasteiger partial charge in [0.25, 0.3) is 0 Å². The van der Waals surface area contributed by atoms with Gasteiger partial charge in [-0.2, -0.15) is 0 Å². The number of nitrogens with zero attached hydrogens (tertiary/aromatic N) is 1. The van der Waals surface area contributed by atoms with E-state index in [4.69, 9.17) is 15.2 Å². The number of pyridine rings is 1. The lowest BCUT2D eigenvalue weighted by molar-refractivity contribution is 0.408. The minimum absolute atomic E-state index is 0.496. The van der Waals surface area contributed by atoms with E-state index < -0.39 is 0 Å². The molecule has 0 amide bonds. The second kappa shape index (κ2) is 5.27. The van der Waals surface area contributed by atoms with Gasteiger partial charge in [-0.25, -0.2) is 4.98 Å². The van der Waals surface area contributed by atoms with Crippen LogP contribution < -0.4 is 15.2 Å². The zero-order valence-corrected chi connectivity index (χ0v) is 11.7. The van der Waals surface area contributed by atoms with E-state index in [2.05, 4.69) is 20.9 Å². The molecule has 0 saturated carbocycles. The number of anilines is 1. The van der Waals surface area contributed by atoms with Crippen LogP contribution in [0.15, 0.2) is 34.8 Å². The van der Waals surface area contributed by atoms with Crippen LogP contribution in [-0.4, -0.2) is 12.1 Å². The first kappa shape index (κ1) is 12.7. The fourth-order valence-corrected chi connectivity index (χ4v) is 1.64. The summed E-state index contributed by atoms with van der Waals surface area (Å²) in [6, 6.07) is 8.90. The SMILES string of the molecule is COc1ccc(N)c(Oc2ccc(Br)c(C)n2)c1. The van der Waals surface area contributed by atoms with Crippen LogP contribution >= 0.6 is 15.9 Å². The minimum Gasteiger partial charge on any atom is -0.497 e. The molecule has 5 heteroatoms. The number of halogens is 1. The third kappa shape index (κ3) is 2.73. The predicted molar refractivity (Wildman–Crippen MR) is 74.2 cm³/mol. The molecule has 2 rings (SSSR count). The molecule has 0 bridgehead atoms. The van der Waals surface area contributed by atoms with Gasteiger partial charge in [0.15, 0.2) is 5.75 Å². The lowest BCUT2D eigenvalue weighted by Crippen LogP contribution is -1.95. The first-order valence-corrected chi connectivity index (χ1v) is 6.14. The quantitative estimate of drug-likeness (QED) is 0.881. The van der Waals surface area contributed by atoms with Gasteiger partial charge in [-0.15, -0.1) is 0 Å². The summed E-state index contributed by atoms with van der Waals surface area (Å²) >= 11 is 3.39. The zero-order valence-electron chi connectivity index (χ0n) is 10.1. The maximum Gasteiger partial charge on any atom is 0.219 e. The van der Waals surface area contributed by atoms with E-state index in [1.54, 1.807) is 31.4 Å². The largest absolute Gasteiger partial charge is 0.497 e. The van der Waals surface area contributed by atoms with Gasteiger partial charge in [0.05, 0.1) is 18.5 Å². The highest BCUT2D eigenvalue weighted by atomic mass is 79.9. The highest BCUT2D eigenvalue weighted by Gasteiger charge is 2.06. The fraction of sp³-hybridized carbons (Fsp3) is 0.154. The molecule has 0 unspecified atom stereocenters. The van der Waals surface area contributed by atoms with E-state index in [-0.39, 0.29) is 0 Å². The number of benzene rings is 1. The number of methoxy groups -OCH3 is 1. The van der Waals surface area contributed by atoms with Crippen LogP contribution in [0, 0.1) is 6.92 Å². The van der Waals surface area contributed by atoms with Crippen LogP contribution in [0.3, 0.4) is 0 Å². The maximum absolute atomic E-state index is 5.84. The van der Waals surface area contributed by atoms with Crippen molar-refractivity contribution in [1.29, 1.82) is 0 Å². The number of aromatic nitrogens is 1. The monoisotopic (exact) mass is 308 g/mol. The van der Waals surface area contributed by atoms with E-state index in [9.17, 15) is 0 Å². The molecule has 1 aromatic heterocycles. The number of aryl methyl sites for hydroxylation is 1. The summed E-state index contributed by atoms with van der Waals surface area (Å²) in [5, 5.41) is 0. The third-order valence-corrected chi connectivity index (χ3v) is 3.27. The van der Waals surface area contributed by atoms with E-state index in [1.807, 2.05) is 13.0 Å². The van der Waals surface area contributed by atoms with Gasteiger partial charge in [0.2, 0.25) is 5.88 Å². The van der Waals surface area contributed by atoms with Gasteiger partial charge in [0, 0.05) is 16.6 Å². The molecule has 0 aliphatic carbocycles. The second-order valence-electron chi connectivity index (χ2n) is 3.72. The molecule has 0 aliphatic heterocycles. The Morgan fingerprint density at radius 1 is 1.22 bits per heavy atom. The van der Waals surface area contributed by atoms with E-state index in [0.717, 1.165) is 10.2 Å². The van der Waals surface area contributed by atoms with Crippen LogP contribution in [0.1, 0.15) is 5.69 Å². The number of rotatable bonds is 3. The van der Waals surface area contributed by atoms with Crippen molar-refractivity contribution in [2.45, 2.75) is 6.92 Å². The highest BCUT2D eigenvalue weighted by molar-refractivity contribution is 9.10. The molecule has 0 fully saturated rings. The molecule has 0 atom stereocenters. The van der Waals surface area contributed by atoms with Crippen LogP contribution in [0.25, 0.3) is 0 Å². The summed E-state index contributed by atoms with van der Waals surface area (Å²) in [5.41, 5.74) is 7.24. The van der Waals surface area contributed by atoms with Gasteiger partial charge in [-0.05, 0) is 41.1 Å². The molecule has 2 N–H and O–H groups in total. The van der Waals surface area contributed by atoms with Crippen molar-refractivity contribution in [3.8, 4) is 17.4 Å². The summed E-state index contributed by atoms with van der Waals surface area (Å²) < 4.78 is 11.7. The normalized spacial score (nSPS) is 10.2. The van der Waals surface area contributed by atoms with Crippen molar-refractivity contribution in [3.05, 3.63) is 40.5 Å². The van der Waals surface area contributed by atoms with Crippen molar-refractivity contribution in [2.75, 3.05) is 12.8 Å². The smallest absolute Gasteiger partial charge is 0.219 e. The molecule has 0 spiro atoms. The van der Waals surface area contributed by atoms with Crippen LogP contribution in [-0.2, 0) is 0 Å². The van der Waals surface area contributed by atoms with E-state index in [0.29, 0.717) is 23.1 Å². The number of nitrogen functional groups attached to an aromatic ring is 1. The maximum atomic E-state index is 5.84. The molecular formula is C13H13BrN2O2. The van der Waals surface area contributed by atoms with Gasteiger partial charge in [-0.3, -0.25) is 0 Å². The summed E-state index contributed by atoms with van der Waals surface area (Å²) in [4.78, 5) is 4.30. The number of ether oxygens (including phenoxy) is 2. The molecule has 2 aromatic rings. The third-order valence-electron chi connectivity index (χ3n) is 2.43. The molecule has 1 aromatic carbocycles. The minimum atomic E-state index is 0.496. The highest BCUT2D eigenvalue weighted by Crippen LogP contribution is 2.31. The number of nitrogens with two attached hydrogens (primary N) is 1. The lowest BCUT2D eigenvalue weighted by atomic mass is 10.3. The molecule has 94 valence electrons. The Bertz CT molecular complexity index is 573. The van der Waals surface area contributed by atoms with E-state index >= 15 is 0 Å². The van der Waals surface area contributed by atoms with Crippen LogP contribution in [0.5, 0.6) is 17.4 Å².